The van der Waals surface area contributed by atoms with Crippen LogP contribution in [0.5, 0.6) is 5.75 Å². The zero-order chi connectivity index (χ0) is 24.8. The quantitative estimate of drug-likeness (QED) is 0.644. The number of likely N-dealkylation sites (tertiary alicyclic amines) is 2. The highest BCUT2D eigenvalue weighted by Crippen LogP contribution is 2.36. The number of fused-ring (bicyclic) bond motifs is 1. The Hall–Kier alpha value is -2.87. The van der Waals surface area contributed by atoms with Crippen molar-refractivity contribution in [3.63, 3.8) is 0 Å². The predicted octanol–water partition coefficient (Wildman–Crippen LogP) is 2.10. The molecule has 8 nitrogen and oxygen atoms in total. The molecule has 3 heterocycles. The van der Waals surface area contributed by atoms with Crippen LogP contribution >= 0.6 is 0 Å². The second-order valence-electron chi connectivity index (χ2n) is 10.2. The summed E-state index contributed by atoms with van der Waals surface area (Å²) >= 11 is 0. The number of benzene rings is 1. The van der Waals surface area contributed by atoms with Crippen LogP contribution in [0.3, 0.4) is 0 Å². The van der Waals surface area contributed by atoms with E-state index in [9.17, 15) is 14.4 Å². The van der Waals surface area contributed by atoms with Crippen LogP contribution in [0.1, 0.15) is 44.6 Å². The van der Waals surface area contributed by atoms with E-state index in [0.29, 0.717) is 38.3 Å². The average molecular weight is 483 g/mol. The lowest BCUT2D eigenvalue weighted by Crippen LogP contribution is -2.54. The van der Waals surface area contributed by atoms with Crippen molar-refractivity contribution in [1.29, 1.82) is 0 Å². The minimum absolute atomic E-state index is 0.00509. The summed E-state index contributed by atoms with van der Waals surface area (Å²) in [7, 11) is 1.70. The molecule has 0 bridgehead atoms. The smallest absolute Gasteiger partial charge is 0.239 e. The van der Waals surface area contributed by atoms with Crippen LogP contribution in [-0.4, -0.2) is 73.4 Å². The SMILES string of the molecule is COc1ccccc1CN1CC[C@H]2NC(=O)CNC(=O)C3(C/C=C/C[C@H]2C1)CCN(C(C)=O)CC3. The number of carbonyl (C=O) groups excluding carboxylic acids is 3. The van der Waals surface area contributed by atoms with E-state index in [2.05, 4.69) is 33.8 Å². The maximum atomic E-state index is 13.1. The highest BCUT2D eigenvalue weighted by Gasteiger charge is 2.41. The van der Waals surface area contributed by atoms with Gasteiger partial charge < -0.3 is 20.3 Å². The zero-order valence-corrected chi connectivity index (χ0v) is 20.9. The molecule has 3 aliphatic rings. The fraction of sp³-hybridized carbons (Fsp3) is 0.593. The summed E-state index contributed by atoms with van der Waals surface area (Å²) < 4.78 is 5.53. The van der Waals surface area contributed by atoms with Gasteiger partial charge in [0.15, 0.2) is 0 Å². The lowest BCUT2D eigenvalue weighted by atomic mass is 9.74. The molecule has 2 atom stereocenters. The largest absolute Gasteiger partial charge is 0.496 e. The third-order valence-electron chi connectivity index (χ3n) is 7.92. The molecule has 1 aromatic rings. The van der Waals surface area contributed by atoms with Gasteiger partial charge in [0.25, 0.3) is 0 Å². The van der Waals surface area contributed by atoms with Gasteiger partial charge in [0, 0.05) is 51.3 Å². The van der Waals surface area contributed by atoms with Crippen molar-refractivity contribution in [2.45, 2.75) is 51.6 Å². The number of piperidine rings is 2. The van der Waals surface area contributed by atoms with E-state index in [4.69, 9.17) is 4.74 Å². The molecule has 35 heavy (non-hydrogen) atoms. The van der Waals surface area contributed by atoms with Crippen molar-refractivity contribution in [3.8, 4) is 5.75 Å². The van der Waals surface area contributed by atoms with E-state index in [-0.39, 0.29) is 30.3 Å². The summed E-state index contributed by atoms with van der Waals surface area (Å²) in [5, 5.41) is 6.08. The molecule has 2 N–H and O–H groups in total. The van der Waals surface area contributed by atoms with E-state index < -0.39 is 5.41 Å². The van der Waals surface area contributed by atoms with Crippen LogP contribution in [-0.2, 0) is 20.9 Å². The topological polar surface area (TPSA) is 91.0 Å². The average Bonchev–Trinajstić information content (AvgIpc) is 2.86. The number of hydrogen-bond donors (Lipinski definition) is 2. The lowest BCUT2D eigenvalue weighted by molar-refractivity contribution is -0.140. The van der Waals surface area contributed by atoms with Gasteiger partial charge in [-0.05, 0) is 44.1 Å². The number of allylic oxidation sites excluding steroid dienone is 2. The van der Waals surface area contributed by atoms with E-state index in [1.54, 1.807) is 18.9 Å². The number of ether oxygens (including phenoxy) is 1. The van der Waals surface area contributed by atoms with Crippen LogP contribution in [0.2, 0.25) is 0 Å². The molecular formula is C27H38N4O4. The Balaban J connectivity index is 1.45. The minimum Gasteiger partial charge on any atom is -0.496 e. The van der Waals surface area contributed by atoms with Gasteiger partial charge in [-0.2, -0.15) is 0 Å². The molecule has 0 unspecified atom stereocenters. The van der Waals surface area contributed by atoms with Gasteiger partial charge >= 0.3 is 0 Å². The number of nitrogens with zero attached hydrogens (tertiary/aromatic N) is 2. The van der Waals surface area contributed by atoms with Crippen molar-refractivity contribution in [3.05, 3.63) is 42.0 Å². The number of carbonyl (C=O) groups is 3. The van der Waals surface area contributed by atoms with Gasteiger partial charge in [0.2, 0.25) is 17.7 Å². The summed E-state index contributed by atoms with van der Waals surface area (Å²) in [6.45, 7) is 5.31. The zero-order valence-electron chi connectivity index (χ0n) is 20.9. The third kappa shape index (κ3) is 6.04. The molecule has 0 aromatic heterocycles. The van der Waals surface area contributed by atoms with E-state index in [1.165, 1.54) is 5.56 Å². The Bertz CT molecular complexity index is 954. The van der Waals surface area contributed by atoms with E-state index in [1.807, 2.05) is 18.2 Å². The fourth-order valence-corrected chi connectivity index (χ4v) is 5.71. The van der Waals surface area contributed by atoms with Crippen LogP contribution in [0.15, 0.2) is 36.4 Å². The summed E-state index contributed by atoms with van der Waals surface area (Å²) in [5.41, 5.74) is 0.604. The van der Waals surface area contributed by atoms with Crippen LogP contribution in [0, 0.1) is 11.3 Å². The number of nitrogens with one attached hydrogen (secondary N) is 2. The number of amides is 3. The van der Waals surface area contributed by atoms with Gasteiger partial charge in [-0.1, -0.05) is 30.4 Å². The van der Waals surface area contributed by atoms with Crippen molar-refractivity contribution in [2.75, 3.05) is 39.8 Å². The van der Waals surface area contributed by atoms with Crippen molar-refractivity contribution in [1.82, 2.24) is 20.4 Å². The van der Waals surface area contributed by atoms with Gasteiger partial charge in [-0.15, -0.1) is 0 Å². The summed E-state index contributed by atoms with van der Waals surface area (Å²) in [6, 6.07) is 8.20. The Morgan fingerprint density at radius 1 is 1.14 bits per heavy atom. The number of hydrogen-bond acceptors (Lipinski definition) is 5. The van der Waals surface area contributed by atoms with Gasteiger partial charge in [-0.3, -0.25) is 19.3 Å². The van der Waals surface area contributed by atoms with Crippen molar-refractivity contribution >= 4 is 17.7 Å². The summed E-state index contributed by atoms with van der Waals surface area (Å²) in [5.74, 6) is 1.03. The highest BCUT2D eigenvalue weighted by molar-refractivity contribution is 5.88. The maximum Gasteiger partial charge on any atom is 0.239 e. The lowest BCUT2D eigenvalue weighted by Gasteiger charge is -2.41. The third-order valence-corrected chi connectivity index (χ3v) is 7.92. The van der Waals surface area contributed by atoms with Crippen LogP contribution in [0.4, 0.5) is 0 Å². The number of methoxy groups -OCH3 is 1. The fourth-order valence-electron chi connectivity index (χ4n) is 5.71. The molecule has 1 spiro atoms. The summed E-state index contributed by atoms with van der Waals surface area (Å²) in [6.07, 6.45) is 7.91. The Labute approximate surface area is 208 Å². The first kappa shape index (κ1) is 25.2. The molecule has 0 saturated carbocycles. The van der Waals surface area contributed by atoms with Crippen LogP contribution in [0.25, 0.3) is 0 Å². The molecule has 1 aromatic carbocycles. The maximum absolute atomic E-state index is 13.1. The molecule has 3 aliphatic heterocycles. The van der Waals surface area contributed by atoms with E-state index >= 15 is 0 Å². The minimum atomic E-state index is -0.566. The standard InChI is InChI=1S/C27H38N4O4/c1-20(32)31-15-12-27(13-16-31)11-6-5-7-21-18-30(19-22-8-3-4-9-24(22)35-2)14-10-23(21)29-25(33)17-28-26(27)34/h3-6,8-9,21,23H,7,10-19H2,1-2H3,(H,28,34)(H,29,33)/b6-5+/t21-,23+/m0/s1. The molecule has 0 radical (unpaired) electrons. The molecule has 2 fully saturated rings. The monoisotopic (exact) mass is 482 g/mol. The van der Waals surface area contributed by atoms with Crippen molar-refractivity contribution in [2.24, 2.45) is 11.3 Å². The van der Waals surface area contributed by atoms with Crippen molar-refractivity contribution < 1.29 is 19.1 Å². The molecule has 4 rings (SSSR count). The van der Waals surface area contributed by atoms with Gasteiger partial charge in [-0.25, -0.2) is 0 Å². The highest BCUT2D eigenvalue weighted by atomic mass is 16.5. The predicted molar refractivity (Wildman–Crippen MR) is 134 cm³/mol. The molecule has 8 heteroatoms. The first-order chi connectivity index (χ1) is 16.9. The Morgan fingerprint density at radius 3 is 2.66 bits per heavy atom. The second-order valence-corrected chi connectivity index (χ2v) is 10.2. The number of rotatable bonds is 3. The second kappa shape index (κ2) is 11.2. The molecular weight excluding hydrogens is 444 g/mol. The normalized spacial score (nSPS) is 26.5. The van der Waals surface area contributed by atoms with Gasteiger partial charge in [0.05, 0.1) is 19.1 Å². The molecule has 3 amide bonds. The van der Waals surface area contributed by atoms with Crippen LogP contribution < -0.4 is 15.4 Å². The Kier molecular flexibility index (Phi) is 8.11. The first-order valence-corrected chi connectivity index (χ1v) is 12.7. The molecule has 2 saturated heterocycles. The number of para-hydroxylation sites is 1. The Morgan fingerprint density at radius 2 is 1.91 bits per heavy atom. The first-order valence-electron chi connectivity index (χ1n) is 12.7. The molecule has 0 aliphatic carbocycles. The molecule has 190 valence electrons. The van der Waals surface area contributed by atoms with Gasteiger partial charge in [0.1, 0.15) is 5.75 Å². The van der Waals surface area contributed by atoms with E-state index in [0.717, 1.165) is 38.2 Å². The summed E-state index contributed by atoms with van der Waals surface area (Å²) in [4.78, 5) is 41.9.